The van der Waals surface area contributed by atoms with Crippen LogP contribution in [0.5, 0.6) is 0 Å². The monoisotopic (exact) mass is 297 g/mol. The Morgan fingerprint density at radius 3 is 2.85 bits per heavy atom. The van der Waals surface area contributed by atoms with E-state index in [1.54, 1.807) is 11.8 Å². The van der Waals surface area contributed by atoms with Crippen molar-refractivity contribution in [1.29, 1.82) is 0 Å². The number of nitrogens with zero attached hydrogens (tertiary/aromatic N) is 2. The van der Waals surface area contributed by atoms with Crippen molar-refractivity contribution in [2.24, 2.45) is 0 Å². The lowest BCUT2D eigenvalue weighted by Crippen LogP contribution is -2.45. The summed E-state index contributed by atoms with van der Waals surface area (Å²) in [5, 5.41) is 14.2. The quantitative estimate of drug-likeness (QED) is 0.671. The zero-order chi connectivity index (χ0) is 14.1. The van der Waals surface area contributed by atoms with Crippen molar-refractivity contribution < 1.29 is 9.31 Å². The predicted octanol–water partition coefficient (Wildman–Crippen LogP) is 2.40. The minimum Gasteiger partial charge on any atom is -0.366 e. The van der Waals surface area contributed by atoms with E-state index in [0.29, 0.717) is 6.04 Å². The van der Waals surface area contributed by atoms with Crippen molar-refractivity contribution in [3.8, 4) is 0 Å². The number of fused-ring (bicyclic) bond motifs is 1. The molecule has 0 radical (unpaired) electrons. The molecule has 0 bridgehead atoms. The Morgan fingerprint density at radius 2 is 2.15 bits per heavy atom. The van der Waals surface area contributed by atoms with Gasteiger partial charge in [-0.1, -0.05) is 0 Å². The zero-order valence-electron chi connectivity index (χ0n) is 11.0. The Labute approximate surface area is 120 Å². The summed E-state index contributed by atoms with van der Waals surface area (Å²) in [6, 6.07) is 3.10. The molecule has 7 heteroatoms. The minimum atomic E-state index is -0.742. The highest BCUT2D eigenvalue weighted by atomic mass is 32.2. The number of nitrogens with one attached hydrogen (secondary N) is 1. The maximum Gasteiger partial charge on any atom is 0.306 e. The number of thioether (sulfide) groups is 1. The van der Waals surface area contributed by atoms with Gasteiger partial charge >= 0.3 is 5.69 Å². The van der Waals surface area contributed by atoms with Crippen LogP contribution in [0.4, 0.5) is 15.8 Å². The van der Waals surface area contributed by atoms with Gasteiger partial charge in [0.1, 0.15) is 0 Å². The molecule has 1 aromatic rings. The highest BCUT2D eigenvalue weighted by Crippen LogP contribution is 2.40. The van der Waals surface area contributed by atoms with Gasteiger partial charge in [-0.05, 0) is 32.0 Å². The standard InChI is InChI=1S/C13H16FN3O2S/c14-10-7-13-12(8-11(10)17(18)19)16(5-6-20-13)9-1-3-15-4-2-9/h7-9,15H,1-6H2. The van der Waals surface area contributed by atoms with Crippen molar-refractivity contribution in [3.05, 3.63) is 28.1 Å². The highest BCUT2D eigenvalue weighted by Gasteiger charge is 2.29. The summed E-state index contributed by atoms with van der Waals surface area (Å²) >= 11 is 1.57. The fourth-order valence-corrected chi connectivity index (χ4v) is 3.90. The summed E-state index contributed by atoms with van der Waals surface area (Å²) in [5.74, 6) is 0.155. The molecule has 0 saturated carbocycles. The first-order valence-corrected chi connectivity index (χ1v) is 7.73. The molecule has 1 N–H and O–H groups in total. The summed E-state index contributed by atoms with van der Waals surface area (Å²) in [7, 11) is 0. The van der Waals surface area contributed by atoms with Gasteiger partial charge in [-0.15, -0.1) is 11.8 Å². The molecular weight excluding hydrogens is 281 g/mol. The summed E-state index contributed by atoms with van der Waals surface area (Å²) in [6.07, 6.45) is 2.05. The van der Waals surface area contributed by atoms with E-state index in [9.17, 15) is 14.5 Å². The second-order valence-electron chi connectivity index (χ2n) is 5.05. The van der Waals surface area contributed by atoms with Gasteiger partial charge < -0.3 is 10.2 Å². The molecule has 2 aliphatic rings. The van der Waals surface area contributed by atoms with Crippen LogP contribution in [0.2, 0.25) is 0 Å². The number of anilines is 1. The predicted molar refractivity (Wildman–Crippen MR) is 77.0 cm³/mol. The Morgan fingerprint density at radius 1 is 1.40 bits per heavy atom. The molecule has 20 heavy (non-hydrogen) atoms. The van der Waals surface area contributed by atoms with Gasteiger partial charge in [0.05, 0.1) is 10.6 Å². The Kier molecular flexibility index (Phi) is 3.80. The lowest BCUT2D eigenvalue weighted by Gasteiger charge is -2.39. The smallest absolute Gasteiger partial charge is 0.306 e. The third-order valence-electron chi connectivity index (χ3n) is 3.87. The number of benzene rings is 1. The van der Waals surface area contributed by atoms with Crippen molar-refractivity contribution in [1.82, 2.24) is 5.32 Å². The zero-order valence-corrected chi connectivity index (χ0v) is 11.8. The molecule has 2 heterocycles. The molecule has 1 aromatic carbocycles. The first kappa shape index (κ1) is 13.6. The molecule has 0 atom stereocenters. The second-order valence-corrected chi connectivity index (χ2v) is 6.19. The third-order valence-corrected chi connectivity index (χ3v) is 4.90. The number of nitro benzene ring substituents is 1. The average Bonchev–Trinajstić information content (AvgIpc) is 2.46. The van der Waals surface area contributed by atoms with E-state index in [1.165, 1.54) is 12.1 Å². The Bertz CT molecular complexity index is 535. The number of rotatable bonds is 2. The van der Waals surface area contributed by atoms with Crippen molar-refractivity contribution in [3.63, 3.8) is 0 Å². The van der Waals surface area contributed by atoms with E-state index in [-0.39, 0.29) is 0 Å². The first-order chi connectivity index (χ1) is 9.66. The van der Waals surface area contributed by atoms with Gasteiger partial charge in [0, 0.05) is 29.3 Å². The van der Waals surface area contributed by atoms with E-state index in [0.717, 1.165) is 48.8 Å². The molecular formula is C13H16FN3O2S. The minimum absolute atomic E-state index is 0.390. The van der Waals surface area contributed by atoms with Crippen molar-refractivity contribution in [2.45, 2.75) is 23.8 Å². The largest absolute Gasteiger partial charge is 0.366 e. The second kappa shape index (κ2) is 5.57. The highest BCUT2D eigenvalue weighted by molar-refractivity contribution is 7.99. The average molecular weight is 297 g/mol. The van der Waals surface area contributed by atoms with Gasteiger partial charge in [-0.2, -0.15) is 4.39 Å². The van der Waals surface area contributed by atoms with Gasteiger partial charge in [-0.25, -0.2) is 0 Å². The first-order valence-electron chi connectivity index (χ1n) is 6.75. The van der Waals surface area contributed by atoms with Gasteiger partial charge in [0.15, 0.2) is 0 Å². The van der Waals surface area contributed by atoms with E-state index < -0.39 is 16.4 Å². The maximum atomic E-state index is 13.7. The number of hydrogen-bond donors (Lipinski definition) is 1. The molecule has 1 saturated heterocycles. The molecule has 3 rings (SSSR count). The molecule has 0 spiro atoms. The van der Waals surface area contributed by atoms with Crippen LogP contribution in [0, 0.1) is 15.9 Å². The summed E-state index contributed by atoms with van der Waals surface area (Å²) < 4.78 is 13.7. The molecule has 0 aromatic heterocycles. The fourth-order valence-electron chi connectivity index (χ4n) is 2.88. The molecule has 1 fully saturated rings. The molecule has 2 aliphatic heterocycles. The molecule has 0 unspecified atom stereocenters. The van der Waals surface area contributed by atoms with Crippen LogP contribution in [-0.4, -0.2) is 36.4 Å². The molecule has 108 valence electrons. The van der Waals surface area contributed by atoms with E-state index >= 15 is 0 Å². The van der Waals surface area contributed by atoms with Gasteiger partial charge in [0.25, 0.3) is 0 Å². The van der Waals surface area contributed by atoms with E-state index in [2.05, 4.69) is 10.2 Å². The number of piperidine rings is 1. The summed E-state index contributed by atoms with van der Waals surface area (Å²) in [4.78, 5) is 13.3. The van der Waals surface area contributed by atoms with Crippen molar-refractivity contribution in [2.75, 3.05) is 30.3 Å². The number of halogens is 1. The van der Waals surface area contributed by atoms with Crippen LogP contribution >= 0.6 is 11.8 Å². The number of hydrogen-bond acceptors (Lipinski definition) is 5. The lowest BCUT2D eigenvalue weighted by molar-refractivity contribution is -0.387. The van der Waals surface area contributed by atoms with Gasteiger partial charge in [-0.3, -0.25) is 10.1 Å². The summed E-state index contributed by atoms with van der Waals surface area (Å²) in [6.45, 7) is 2.80. The van der Waals surface area contributed by atoms with E-state index in [1.807, 2.05) is 0 Å². The van der Waals surface area contributed by atoms with Crippen LogP contribution < -0.4 is 10.2 Å². The maximum absolute atomic E-state index is 13.7. The van der Waals surface area contributed by atoms with Crippen LogP contribution in [0.1, 0.15) is 12.8 Å². The normalized spacial score (nSPS) is 19.8. The van der Waals surface area contributed by atoms with Crippen molar-refractivity contribution >= 4 is 23.1 Å². The Hall–Kier alpha value is -1.34. The topological polar surface area (TPSA) is 58.4 Å². The van der Waals surface area contributed by atoms with Crippen LogP contribution in [-0.2, 0) is 0 Å². The van der Waals surface area contributed by atoms with Crippen LogP contribution in [0.3, 0.4) is 0 Å². The SMILES string of the molecule is O=[N+]([O-])c1cc2c(cc1F)SCCN2C1CCNCC1. The summed E-state index contributed by atoms with van der Waals surface area (Å²) in [5.41, 5.74) is 0.395. The van der Waals surface area contributed by atoms with E-state index in [4.69, 9.17) is 0 Å². The van der Waals surface area contributed by atoms with Crippen LogP contribution in [0.25, 0.3) is 0 Å². The lowest BCUT2D eigenvalue weighted by atomic mass is 10.0. The molecule has 5 nitrogen and oxygen atoms in total. The Balaban J connectivity index is 1.97. The molecule has 0 aliphatic carbocycles. The number of nitro groups is 1. The van der Waals surface area contributed by atoms with Crippen LogP contribution in [0.15, 0.2) is 17.0 Å². The third kappa shape index (κ3) is 2.47. The van der Waals surface area contributed by atoms with Gasteiger partial charge in [0.2, 0.25) is 5.82 Å². The fraction of sp³-hybridized carbons (Fsp3) is 0.538. The molecule has 0 amide bonds.